The molecule has 1 saturated carbocycles. The van der Waals surface area contributed by atoms with Crippen molar-refractivity contribution >= 4 is 5.97 Å². The lowest BCUT2D eigenvalue weighted by Crippen LogP contribution is -2.33. The topological polar surface area (TPSA) is 71.5 Å². The van der Waals surface area contributed by atoms with Crippen molar-refractivity contribution in [3.8, 4) is 16.9 Å². The van der Waals surface area contributed by atoms with Gasteiger partial charge in [-0.15, -0.1) is 0 Å². The van der Waals surface area contributed by atoms with Gasteiger partial charge < -0.3 is 15.2 Å². The fourth-order valence-corrected chi connectivity index (χ4v) is 2.33. The Labute approximate surface area is 129 Å². The fourth-order valence-electron chi connectivity index (χ4n) is 2.33. The van der Waals surface area contributed by atoms with Crippen molar-refractivity contribution in [2.75, 3.05) is 13.7 Å². The summed E-state index contributed by atoms with van der Waals surface area (Å²) < 4.78 is 5.82. The number of benzene rings is 1. The van der Waals surface area contributed by atoms with Crippen LogP contribution in [0.3, 0.4) is 0 Å². The average molecular weight is 298 g/mol. The molecule has 114 valence electrons. The Bertz CT molecular complexity index is 696. The lowest BCUT2D eigenvalue weighted by Gasteiger charge is -2.15. The molecule has 1 aromatic heterocycles. The quantitative estimate of drug-likeness (QED) is 0.857. The summed E-state index contributed by atoms with van der Waals surface area (Å²) in [5.41, 5.74) is 2.03. The van der Waals surface area contributed by atoms with Crippen LogP contribution >= 0.6 is 0 Å². The van der Waals surface area contributed by atoms with Crippen LogP contribution in [0.25, 0.3) is 11.1 Å². The first-order valence-corrected chi connectivity index (χ1v) is 7.22. The number of carbonyl (C=O) groups is 1. The van der Waals surface area contributed by atoms with Crippen LogP contribution in [-0.4, -0.2) is 35.3 Å². The fraction of sp³-hybridized carbons (Fsp3) is 0.294. The Morgan fingerprint density at radius 2 is 2.14 bits per heavy atom. The van der Waals surface area contributed by atoms with Crippen LogP contribution < -0.4 is 10.1 Å². The number of ether oxygens (including phenoxy) is 1. The molecule has 1 aliphatic rings. The Morgan fingerprint density at radius 3 is 2.82 bits per heavy atom. The van der Waals surface area contributed by atoms with E-state index in [2.05, 4.69) is 10.3 Å². The zero-order valence-electron chi connectivity index (χ0n) is 12.4. The van der Waals surface area contributed by atoms with Crippen molar-refractivity contribution in [1.29, 1.82) is 0 Å². The van der Waals surface area contributed by atoms with Gasteiger partial charge in [-0.3, -0.25) is 4.98 Å². The van der Waals surface area contributed by atoms with Gasteiger partial charge >= 0.3 is 5.97 Å². The first-order chi connectivity index (χ1) is 10.6. The van der Waals surface area contributed by atoms with Gasteiger partial charge in [-0.2, -0.15) is 0 Å². The van der Waals surface area contributed by atoms with Crippen molar-refractivity contribution in [1.82, 2.24) is 10.3 Å². The maximum absolute atomic E-state index is 11.1. The average Bonchev–Trinajstić information content (AvgIpc) is 3.34. The van der Waals surface area contributed by atoms with Crippen LogP contribution in [0.1, 0.15) is 23.2 Å². The first-order valence-electron chi connectivity index (χ1n) is 7.22. The molecule has 5 heteroatoms. The van der Waals surface area contributed by atoms with Crippen LogP contribution in [0.4, 0.5) is 0 Å². The molecule has 0 atom stereocenters. The number of hydrogen-bond donors (Lipinski definition) is 2. The molecule has 2 N–H and O–H groups in total. The zero-order valence-corrected chi connectivity index (χ0v) is 12.4. The minimum atomic E-state index is -0.938. The second-order valence-corrected chi connectivity index (χ2v) is 5.61. The van der Waals surface area contributed by atoms with Crippen LogP contribution in [0.15, 0.2) is 42.7 Å². The smallest absolute Gasteiger partial charge is 0.335 e. The van der Waals surface area contributed by atoms with Gasteiger partial charge in [-0.25, -0.2) is 4.79 Å². The van der Waals surface area contributed by atoms with Crippen molar-refractivity contribution in [3.63, 3.8) is 0 Å². The predicted molar refractivity (Wildman–Crippen MR) is 83.2 cm³/mol. The lowest BCUT2D eigenvalue weighted by atomic mass is 10.0. The maximum atomic E-state index is 11.1. The molecule has 5 nitrogen and oxygen atoms in total. The first kappa shape index (κ1) is 14.5. The van der Waals surface area contributed by atoms with E-state index in [1.807, 2.05) is 19.2 Å². The van der Waals surface area contributed by atoms with E-state index < -0.39 is 5.97 Å². The third kappa shape index (κ3) is 3.09. The molecular weight excluding hydrogens is 280 g/mol. The van der Waals surface area contributed by atoms with E-state index in [9.17, 15) is 4.79 Å². The Morgan fingerprint density at radius 1 is 1.32 bits per heavy atom. The minimum absolute atomic E-state index is 0.110. The molecule has 1 aromatic carbocycles. The number of nitrogens with zero attached hydrogens (tertiary/aromatic N) is 1. The molecule has 22 heavy (non-hydrogen) atoms. The third-order valence-electron chi connectivity index (χ3n) is 4.06. The maximum Gasteiger partial charge on any atom is 0.335 e. The molecule has 0 bridgehead atoms. The molecule has 0 radical (unpaired) electrons. The van der Waals surface area contributed by atoms with Gasteiger partial charge in [-0.05, 0) is 43.7 Å². The molecule has 1 heterocycles. The number of aromatic nitrogens is 1. The standard InChI is InChI=1S/C17H18N2O3/c1-18-17(5-6-17)11-22-15-8-14(9-19-10-15)12-3-2-4-13(7-12)16(20)21/h2-4,7-10,18H,5-6,11H2,1H3,(H,20,21). The molecule has 0 unspecified atom stereocenters. The molecular formula is C17H18N2O3. The summed E-state index contributed by atoms with van der Waals surface area (Å²) in [4.78, 5) is 15.2. The number of likely N-dealkylation sites (N-methyl/N-ethyl adjacent to an activating group) is 1. The number of carboxylic acid groups (broad SMARTS) is 1. The van der Waals surface area contributed by atoms with E-state index >= 15 is 0 Å². The Kier molecular flexibility index (Phi) is 3.81. The van der Waals surface area contributed by atoms with E-state index in [-0.39, 0.29) is 11.1 Å². The van der Waals surface area contributed by atoms with E-state index in [1.54, 1.807) is 30.6 Å². The van der Waals surface area contributed by atoms with Crippen LogP contribution in [0, 0.1) is 0 Å². The van der Waals surface area contributed by atoms with Crippen molar-refractivity contribution in [3.05, 3.63) is 48.3 Å². The molecule has 2 aromatic rings. The molecule has 0 amide bonds. The van der Waals surface area contributed by atoms with Gasteiger partial charge in [0, 0.05) is 11.8 Å². The van der Waals surface area contributed by atoms with Gasteiger partial charge in [0.2, 0.25) is 0 Å². The number of rotatable bonds is 6. The molecule has 0 saturated heterocycles. The van der Waals surface area contributed by atoms with Gasteiger partial charge in [0.1, 0.15) is 12.4 Å². The third-order valence-corrected chi connectivity index (χ3v) is 4.06. The minimum Gasteiger partial charge on any atom is -0.490 e. The van der Waals surface area contributed by atoms with Crippen LogP contribution in [0.2, 0.25) is 0 Å². The number of hydrogen-bond acceptors (Lipinski definition) is 4. The van der Waals surface area contributed by atoms with E-state index in [1.165, 1.54) is 0 Å². The van der Waals surface area contributed by atoms with E-state index in [0.29, 0.717) is 12.4 Å². The van der Waals surface area contributed by atoms with Crippen molar-refractivity contribution in [2.24, 2.45) is 0 Å². The summed E-state index contributed by atoms with van der Waals surface area (Å²) in [5.74, 6) is -0.244. The molecule has 3 rings (SSSR count). The Balaban J connectivity index is 1.78. The highest BCUT2D eigenvalue weighted by molar-refractivity contribution is 5.89. The Hall–Kier alpha value is -2.40. The number of aromatic carboxylic acids is 1. The summed E-state index contributed by atoms with van der Waals surface area (Å²) in [7, 11) is 1.95. The summed E-state index contributed by atoms with van der Waals surface area (Å²) in [6, 6.07) is 8.69. The monoisotopic (exact) mass is 298 g/mol. The number of nitrogens with one attached hydrogen (secondary N) is 1. The van der Waals surface area contributed by atoms with E-state index in [0.717, 1.165) is 24.0 Å². The number of carboxylic acids is 1. The SMILES string of the molecule is CNC1(COc2cncc(-c3cccc(C(=O)O)c3)c2)CC1. The van der Waals surface area contributed by atoms with E-state index in [4.69, 9.17) is 9.84 Å². The van der Waals surface area contributed by atoms with Gasteiger partial charge in [-0.1, -0.05) is 12.1 Å². The van der Waals surface area contributed by atoms with Crippen molar-refractivity contribution < 1.29 is 14.6 Å². The van der Waals surface area contributed by atoms with Crippen LogP contribution in [-0.2, 0) is 0 Å². The summed E-state index contributed by atoms with van der Waals surface area (Å²) in [6.45, 7) is 0.615. The highest BCUT2D eigenvalue weighted by atomic mass is 16.5. The molecule has 0 spiro atoms. The van der Waals surface area contributed by atoms with Crippen molar-refractivity contribution in [2.45, 2.75) is 18.4 Å². The van der Waals surface area contributed by atoms with Gasteiger partial charge in [0.25, 0.3) is 0 Å². The summed E-state index contributed by atoms with van der Waals surface area (Å²) in [6.07, 6.45) is 5.63. The summed E-state index contributed by atoms with van der Waals surface area (Å²) in [5, 5.41) is 12.3. The highest BCUT2D eigenvalue weighted by Gasteiger charge is 2.41. The van der Waals surface area contributed by atoms with Gasteiger partial charge in [0.15, 0.2) is 0 Å². The second kappa shape index (κ2) is 5.77. The molecule has 1 fully saturated rings. The summed E-state index contributed by atoms with van der Waals surface area (Å²) >= 11 is 0. The zero-order chi connectivity index (χ0) is 15.6. The molecule has 0 aliphatic heterocycles. The largest absolute Gasteiger partial charge is 0.490 e. The lowest BCUT2D eigenvalue weighted by molar-refractivity contribution is 0.0697. The van der Waals surface area contributed by atoms with Crippen LogP contribution in [0.5, 0.6) is 5.75 Å². The predicted octanol–water partition coefficient (Wildman–Crippen LogP) is 2.58. The normalized spacial score (nSPS) is 15.3. The highest BCUT2D eigenvalue weighted by Crippen LogP contribution is 2.35. The number of pyridine rings is 1. The second-order valence-electron chi connectivity index (χ2n) is 5.61. The van der Waals surface area contributed by atoms with Gasteiger partial charge in [0.05, 0.1) is 17.3 Å². The molecule has 1 aliphatic carbocycles.